The van der Waals surface area contributed by atoms with Crippen molar-refractivity contribution in [1.82, 2.24) is 5.32 Å². The first-order valence-electron chi connectivity index (χ1n) is 7.49. The molecule has 0 radical (unpaired) electrons. The van der Waals surface area contributed by atoms with Crippen molar-refractivity contribution in [1.29, 1.82) is 0 Å². The van der Waals surface area contributed by atoms with E-state index in [1.54, 1.807) is 0 Å². The molecule has 1 aromatic carbocycles. The third kappa shape index (κ3) is 4.48. The maximum Gasteiger partial charge on any atom is 0.231 e. The van der Waals surface area contributed by atoms with Crippen molar-refractivity contribution in [3.8, 4) is 0 Å². The molecule has 21 heavy (non-hydrogen) atoms. The number of rotatable bonds is 6. The molecule has 5 heteroatoms. The van der Waals surface area contributed by atoms with E-state index in [9.17, 15) is 4.79 Å². The van der Waals surface area contributed by atoms with Gasteiger partial charge in [-0.05, 0) is 30.7 Å². The van der Waals surface area contributed by atoms with E-state index in [1.165, 1.54) is 25.7 Å². The summed E-state index contributed by atoms with van der Waals surface area (Å²) < 4.78 is 0. The van der Waals surface area contributed by atoms with Crippen LogP contribution in [0.4, 0.5) is 0 Å². The fourth-order valence-electron chi connectivity index (χ4n) is 2.83. The predicted molar refractivity (Wildman–Crippen MR) is 82.0 cm³/mol. The molecule has 0 aromatic heterocycles. The van der Waals surface area contributed by atoms with Crippen LogP contribution in [0.25, 0.3) is 0 Å². The molecule has 1 aromatic rings. The Balaban J connectivity index is 1.96. The number of carbonyl (C=O) groups excluding carboxylic acids is 1. The fraction of sp³-hybridized carbons (Fsp3) is 0.500. The van der Waals surface area contributed by atoms with Gasteiger partial charge in [-0.25, -0.2) is 0 Å². The van der Waals surface area contributed by atoms with E-state index in [0.717, 1.165) is 5.56 Å². The van der Waals surface area contributed by atoms with Crippen LogP contribution in [0.2, 0.25) is 0 Å². The van der Waals surface area contributed by atoms with Crippen LogP contribution in [0.15, 0.2) is 35.5 Å². The Morgan fingerprint density at radius 1 is 1.33 bits per heavy atom. The number of hydrogen-bond donors (Lipinski definition) is 3. The number of benzene rings is 1. The fourth-order valence-corrected chi connectivity index (χ4v) is 2.83. The minimum atomic E-state index is -0.626. The van der Waals surface area contributed by atoms with E-state index in [0.29, 0.717) is 18.9 Å². The van der Waals surface area contributed by atoms with Gasteiger partial charge in [-0.3, -0.25) is 4.79 Å². The molecule has 0 saturated heterocycles. The minimum absolute atomic E-state index is 0.0391. The highest BCUT2D eigenvalue weighted by atomic mass is 16.4. The van der Waals surface area contributed by atoms with Crippen molar-refractivity contribution in [2.45, 2.75) is 32.1 Å². The van der Waals surface area contributed by atoms with Crippen molar-refractivity contribution < 1.29 is 10.0 Å². The first kappa shape index (κ1) is 15.4. The Morgan fingerprint density at radius 2 is 2.00 bits per heavy atom. The monoisotopic (exact) mass is 289 g/mol. The summed E-state index contributed by atoms with van der Waals surface area (Å²) in [4.78, 5) is 12.3. The second kappa shape index (κ2) is 7.67. The smallest absolute Gasteiger partial charge is 0.231 e. The number of carbonyl (C=O) groups is 1. The van der Waals surface area contributed by atoms with Crippen molar-refractivity contribution >= 4 is 11.7 Å². The zero-order valence-corrected chi connectivity index (χ0v) is 12.2. The normalized spacial score (nSPS) is 17.6. The summed E-state index contributed by atoms with van der Waals surface area (Å²) in [5, 5.41) is 14.9. The second-order valence-electron chi connectivity index (χ2n) is 5.66. The summed E-state index contributed by atoms with van der Waals surface area (Å²) >= 11 is 0. The molecule has 0 bridgehead atoms. The average molecular weight is 289 g/mol. The Hall–Kier alpha value is -2.04. The van der Waals surface area contributed by atoms with E-state index < -0.39 is 5.92 Å². The molecule has 5 nitrogen and oxygen atoms in total. The summed E-state index contributed by atoms with van der Waals surface area (Å²) in [5.74, 6) is -0.263. The summed E-state index contributed by atoms with van der Waals surface area (Å²) in [5.41, 5.74) is 6.68. The van der Waals surface area contributed by atoms with Crippen molar-refractivity contribution in [3.05, 3.63) is 35.9 Å². The maximum absolute atomic E-state index is 12.3. The van der Waals surface area contributed by atoms with Gasteiger partial charge in [0.05, 0.1) is 0 Å². The molecular formula is C16H23N3O2. The van der Waals surface area contributed by atoms with Crippen LogP contribution in [-0.4, -0.2) is 23.5 Å². The zero-order chi connectivity index (χ0) is 15.1. The minimum Gasteiger partial charge on any atom is -0.409 e. The molecule has 1 amide bonds. The predicted octanol–water partition coefficient (Wildman–Crippen LogP) is 1.90. The summed E-state index contributed by atoms with van der Waals surface area (Å²) in [6.45, 7) is 0.683. The lowest BCUT2D eigenvalue weighted by Gasteiger charge is -2.17. The van der Waals surface area contributed by atoms with Gasteiger partial charge in [0, 0.05) is 6.54 Å². The number of oxime groups is 1. The van der Waals surface area contributed by atoms with E-state index in [4.69, 9.17) is 10.9 Å². The van der Waals surface area contributed by atoms with Crippen molar-refractivity contribution in [2.75, 3.05) is 6.54 Å². The van der Waals surface area contributed by atoms with Gasteiger partial charge in [0.25, 0.3) is 0 Å². The van der Waals surface area contributed by atoms with Gasteiger partial charge in [0.1, 0.15) is 5.92 Å². The first-order valence-corrected chi connectivity index (χ1v) is 7.49. The van der Waals surface area contributed by atoms with Gasteiger partial charge in [-0.2, -0.15) is 0 Å². The maximum atomic E-state index is 12.3. The van der Waals surface area contributed by atoms with Crippen LogP contribution >= 0.6 is 0 Å². The van der Waals surface area contributed by atoms with E-state index in [-0.39, 0.29) is 11.7 Å². The molecule has 1 aliphatic rings. The van der Waals surface area contributed by atoms with E-state index in [1.807, 2.05) is 30.3 Å². The largest absolute Gasteiger partial charge is 0.409 e. The molecule has 1 unspecified atom stereocenters. The van der Waals surface area contributed by atoms with Gasteiger partial charge >= 0.3 is 0 Å². The summed E-state index contributed by atoms with van der Waals surface area (Å²) in [6.07, 6.45) is 5.27. The lowest BCUT2D eigenvalue weighted by molar-refractivity contribution is -0.123. The number of nitrogens with one attached hydrogen (secondary N) is 1. The number of nitrogens with zero attached hydrogens (tertiary/aromatic N) is 1. The number of hydrogen-bond acceptors (Lipinski definition) is 3. The molecule has 1 aliphatic carbocycles. The highest BCUT2D eigenvalue weighted by Crippen LogP contribution is 2.23. The highest BCUT2D eigenvalue weighted by Gasteiger charge is 2.25. The molecule has 0 heterocycles. The Labute approximate surface area is 125 Å². The van der Waals surface area contributed by atoms with E-state index >= 15 is 0 Å². The van der Waals surface area contributed by atoms with Crippen LogP contribution < -0.4 is 11.1 Å². The highest BCUT2D eigenvalue weighted by molar-refractivity contribution is 6.02. The van der Waals surface area contributed by atoms with Gasteiger partial charge in [0.2, 0.25) is 5.91 Å². The molecule has 1 fully saturated rings. The number of amides is 1. The molecular weight excluding hydrogens is 266 g/mol. The van der Waals surface area contributed by atoms with Crippen LogP contribution in [0.3, 0.4) is 0 Å². The van der Waals surface area contributed by atoms with Crippen LogP contribution in [-0.2, 0) is 11.2 Å². The van der Waals surface area contributed by atoms with Gasteiger partial charge in [-0.15, -0.1) is 0 Å². The van der Waals surface area contributed by atoms with Crippen LogP contribution in [0, 0.1) is 11.8 Å². The SMILES string of the molecule is NC(=NO)C(Cc1ccccc1)C(=O)NCC1CCCC1. The van der Waals surface area contributed by atoms with Crippen molar-refractivity contribution in [2.24, 2.45) is 22.7 Å². The first-order chi connectivity index (χ1) is 10.2. The molecule has 2 rings (SSSR count). The van der Waals surface area contributed by atoms with Crippen LogP contribution in [0.5, 0.6) is 0 Å². The topological polar surface area (TPSA) is 87.7 Å². The van der Waals surface area contributed by atoms with Gasteiger partial charge in [0.15, 0.2) is 5.84 Å². The molecule has 4 N–H and O–H groups in total. The lowest BCUT2D eigenvalue weighted by atomic mass is 9.97. The third-order valence-electron chi connectivity index (χ3n) is 4.11. The lowest BCUT2D eigenvalue weighted by Crippen LogP contribution is -2.41. The van der Waals surface area contributed by atoms with Crippen LogP contribution in [0.1, 0.15) is 31.2 Å². The quantitative estimate of drug-likeness (QED) is 0.323. The molecule has 1 saturated carbocycles. The number of nitrogens with two attached hydrogens (primary N) is 1. The molecule has 1 atom stereocenters. The third-order valence-corrected chi connectivity index (χ3v) is 4.11. The number of amidine groups is 1. The Kier molecular flexibility index (Phi) is 5.60. The summed E-state index contributed by atoms with van der Waals surface area (Å²) in [6, 6.07) is 9.61. The molecule has 0 spiro atoms. The van der Waals surface area contributed by atoms with E-state index in [2.05, 4.69) is 10.5 Å². The average Bonchev–Trinajstić information content (AvgIpc) is 3.04. The standard InChI is InChI=1S/C16H23N3O2/c17-15(19-21)14(10-12-6-2-1-3-7-12)16(20)18-11-13-8-4-5-9-13/h1-3,6-7,13-14,21H,4-5,8-11H2,(H2,17,19)(H,18,20). The van der Waals surface area contributed by atoms with Gasteiger partial charge in [-0.1, -0.05) is 48.3 Å². The van der Waals surface area contributed by atoms with Crippen molar-refractivity contribution in [3.63, 3.8) is 0 Å². The Bertz CT molecular complexity index is 482. The second-order valence-corrected chi connectivity index (χ2v) is 5.66. The Morgan fingerprint density at radius 3 is 2.62 bits per heavy atom. The molecule has 0 aliphatic heterocycles. The molecule has 114 valence electrons. The summed E-state index contributed by atoms with van der Waals surface area (Å²) in [7, 11) is 0. The zero-order valence-electron chi connectivity index (χ0n) is 12.2. The van der Waals surface area contributed by atoms with Gasteiger partial charge < -0.3 is 16.3 Å².